The van der Waals surface area contributed by atoms with Crippen molar-refractivity contribution in [3.63, 3.8) is 0 Å². The molecule has 1 aliphatic rings. The first kappa shape index (κ1) is 17.3. The van der Waals surface area contributed by atoms with Crippen LogP contribution in [0.3, 0.4) is 0 Å². The molecular weight excluding hydrogens is 366 g/mol. The van der Waals surface area contributed by atoms with Crippen LogP contribution in [0.2, 0.25) is 0 Å². The molecule has 0 spiro atoms. The van der Waals surface area contributed by atoms with Gasteiger partial charge in [0.15, 0.2) is 0 Å². The molecular formula is C16H20BrNO3S. The van der Waals surface area contributed by atoms with Gasteiger partial charge in [-0.05, 0) is 24.5 Å². The van der Waals surface area contributed by atoms with Gasteiger partial charge in [0, 0.05) is 29.2 Å². The number of aryl methyl sites for hydroxylation is 1. The number of esters is 1. The third kappa shape index (κ3) is 5.02. The van der Waals surface area contributed by atoms with Gasteiger partial charge in [0.25, 0.3) is 0 Å². The molecule has 6 heteroatoms. The third-order valence-corrected chi connectivity index (χ3v) is 5.76. The zero-order valence-corrected chi connectivity index (χ0v) is 15.0. The van der Waals surface area contributed by atoms with Crippen LogP contribution in [-0.4, -0.2) is 48.0 Å². The Labute approximate surface area is 143 Å². The molecule has 1 aromatic rings. The number of halogens is 1. The Morgan fingerprint density at radius 3 is 2.91 bits per heavy atom. The van der Waals surface area contributed by atoms with E-state index >= 15 is 0 Å². The van der Waals surface area contributed by atoms with Gasteiger partial charge in [-0.2, -0.15) is 0 Å². The smallest absolute Gasteiger partial charge is 0.315 e. The zero-order valence-electron chi connectivity index (χ0n) is 12.6. The van der Waals surface area contributed by atoms with Crippen molar-refractivity contribution in [1.29, 1.82) is 0 Å². The normalized spacial score (nSPS) is 17.5. The lowest BCUT2D eigenvalue weighted by molar-refractivity contribution is -0.137. The summed E-state index contributed by atoms with van der Waals surface area (Å²) in [5, 5.41) is 0.339. The van der Waals surface area contributed by atoms with Crippen LogP contribution in [0.1, 0.15) is 18.4 Å². The Morgan fingerprint density at radius 2 is 2.18 bits per heavy atom. The van der Waals surface area contributed by atoms with Gasteiger partial charge in [-0.25, -0.2) is 0 Å². The summed E-state index contributed by atoms with van der Waals surface area (Å²) in [6.07, 6.45) is 2.22. The summed E-state index contributed by atoms with van der Waals surface area (Å²) >= 11 is 5.09. The van der Waals surface area contributed by atoms with Gasteiger partial charge >= 0.3 is 5.97 Å². The molecule has 1 aliphatic heterocycles. The van der Waals surface area contributed by atoms with E-state index in [-0.39, 0.29) is 11.9 Å². The molecule has 0 N–H and O–H groups in total. The van der Waals surface area contributed by atoms with Crippen molar-refractivity contribution in [1.82, 2.24) is 4.90 Å². The van der Waals surface area contributed by atoms with Crippen molar-refractivity contribution in [2.75, 3.05) is 26.0 Å². The predicted molar refractivity (Wildman–Crippen MR) is 91.9 cm³/mol. The van der Waals surface area contributed by atoms with Crippen molar-refractivity contribution < 1.29 is 14.3 Å². The largest absolute Gasteiger partial charge is 0.468 e. The average molecular weight is 386 g/mol. The van der Waals surface area contributed by atoms with Crippen molar-refractivity contribution in [2.45, 2.75) is 24.5 Å². The number of nitrogens with zero attached hydrogens (tertiary/aromatic N) is 1. The molecule has 1 aromatic carbocycles. The van der Waals surface area contributed by atoms with Crippen LogP contribution in [0.4, 0.5) is 0 Å². The van der Waals surface area contributed by atoms with Gasteiger partial charge in [0.1, 0.15) is 0 Å². The van der Waals surface area contributed by atoms with Crippen molar-refractivity contribution in [3.8, 4) is 0 Å². The quantitative estimate of drug-likeness (QED) is 0.706. The van der Waals surface area contributed by atoms with E-state index in [1.807, 2.05) is 29.2 Å². The minimum atomic E-state index is -0.205. The Morgan fingerprint density at radius 1 is 1.41 bits per heavy atom. The minimum absolute atomic E-state index is 0.192. The molecule has 4 nitrogen and oxygen atoms in total. The molecule has 120 valence electrons. The third-order valence-electron chi connectivity index (χ3n) is 3.73. The lowest BCUT2D eigenvalue weighted by Gasteiger charge is -2.16. The second-order valence-electron chi connectivity index (χ2n) is 5.23. The number of rotatable bonds is 6. The molecule has 1 heterocycles. The Kier molecular flexibility index (Phi) is 6.76. The van der Waals surface area contributed by atoms with Gasteiger partial charge in [-0.1, -0.05) is 34.1 Å². The highest BCUT2D eigenvalue weighted by atomic mass is 79.9. The first-order valence-corrected chi connectivity index (χ1v) is 9.14. The summed E-state index contributed by atoms with van der Waals surface area (Å²) in [6.45, 7) is 1.52. The number of methoxy groups -OCH3 is 1. The topological polar surface area (TPSA) is 46.6 Å². The van der Waals surface area contributed by atoms with E-state index in [0.29, 0.717) is 17.4 Å². The number of ether oxygens (including phenoxy) is 1. The van der Waals surface area contributed by atoms with E-state index < -0.39 is 0 Å². The van der Waals surface area contributed by atoms with Crippen LogP contribution in [0, 0.1) is 0 Å². The molecule has 0 unspecified atom stereocenters. The fraction of sp³-hybridized carbons (Fsp3) is 0.500. The van der Waals surface area contributed by atoms with E-state index in [4.69, 9.17) is 0 Å². The summed E-state index contributed by atoms with van der Waals surface area (Å²) in [7, 11) is 1.40. The van der Waals surface area contributed by atoms with Gasteiger partial charge < -0.3 is 9.64 Å². The van der Waals surface area contributed by atoms with Crippen molar-refractivity contribution >= 4 is 39.6 Å². The highest BCUT2D eigenvalue weighted by molar-refractivity contribution is 9.10. The molecule has 0 aliphatic carbocycles. The van der Waals surface area contributed by atoms with Crippen LogP contribution in [0.5, 0.6) is 0 Å². The SMILES string of the molecule is COC(=O)CS[C@@H]1CCN(C(=O)CCc2ccccc2Br)C1. The molecule has 0 bridgehead atoms. The van der Waals surface area contributed by atoms with Crippen LogP contribution in [-0.2, 0) is 20.7 Å². The van der Waals surface area contributed by atoms with Crippen LogP contribution in [0.25, 0.3) is 0 Å². The standard InChI is InChI=1S/C16H20BrNO3S/c1-21-16(20)11-22-13-8-9-18(10-13)15(19)7-6-12-4-2-3-5-14(12)17/h2-5,13H,6-11H2,1H3/t13-/m1/s1. The zero-order chi connectivity index (χ0) is 15.9. The van der Waals surface area contributed by atoms with E-state index in [0.717, 1.165) is 36.0 Å². The Balaban J connectivity index is 1.75. The number of amides is 1. The summed E-state index contributed by atoms with van der Waals surface area (Å²) in [6, 6.07) is 7.99. The van der Waals surface area contributed by atoms with Gasteiger partial charge in [-0.15, -0.1) is 11.8 Å². The molecule has 1 atom stereocenters. The maximum absolute atomic E-state index is 12.3. The molecule has 1 amide bonds. The molecule has 0 aromatic heterocycles. The molecule has 0 saturated carbocycles. The van der Waals surface area contributed by atoms with E-state index in [1.54, 1.807) is 11.8 Å². The Hall–Kier alpha value is -1.01. The number of hydrogen-bond acceptors (Lipinski definition) is 4. The molecule has 1 fully saturated rings. The van der Waals surface area contributed by atoms with Gasteiger partial charge in [0.2, 0.25) is 5.91 Å². The highest BCUT2D eigenvalue weighted by Gasteiger charge is 2.26. The first-order chi connectivity index (χ1) is 10.6. The summed E-state index contributed by atoms with van der Waals surface area (Å²) in [5.74, 6) is 0.348. The van der Waals surface area contributed by atoms with Crippen LogP contribution in [0.15, 0.2) is 28.7 Å². The maximum atomic E-state index is 12.3. The fourth-order valence-electron chi connectivity index (χ4n) is 2.44. The molecule has 1 saturated heterocycles. The Bertz CT molecular complexity index is 538. The number of benzene rings is 1. The minimum Gasteiger partial charge on any atom is -0.468 e. The highest BCUT2D eigenvalue weighted by Crippen LogP contribution is 2.24. The van der Waals surface area contributed by atoms with Crippen molar-refractivity contribution in [3.05, 3.63) is 34.3 Å². The predicted octanol–water partition coefficient (Wildman–Crippen LogP) is 2.89. The monoisotopic (exact) mass is 385 g/mol. The molecule has 22 heavy (non-hydrogen) atoms. The number of thioether (sulfide) groups is 1. The molecule has 0 radical (unpaired) electrons. The lowest BCUT2D eigenvalue weighted by atomic mass is 10.1. The fourth-order valence-corrected chi connectivity index (χ4v) is 3.97. The summed E-state index contributed by atoms with van der Waals surface area (Å²) in [5.41, 5.74) is 1.16. The van der Waals surface area contributed by atoms with E-state index in [1.165, 1.54) is 7.11 Å². The number of hydrogen-bond donors (Lipinski definition) is 0. The second-order valence-corrected chi connectivity index (χ2v) is 7.37. The average Bonchev–Trinajstić information content (AvgIpc) is 3.00. The summed E-state index contributed by atoms with van der Waals surface area (Å²) in [4.78, 5) is 25.3. The second kappa shape index (κ2) is 8.58. The number of likely N-dealkylation sites (tertiary alicyclic amines) is 1. The lowest BCUT2D eigenvalue weighted by Crippen LogP contribution is -2.29. The number of carbonyl (C=O) groups is 2. The van der Waals surface area contributed by atoms with Crippen LogP contribution < -0.4 is 0 Å². The van der Waals surface area contributed by atoms with Gasteiger partial charge in [-0.3, -0.25) is 9.59 Å². The maximum Gasteiger partial charge on any atom is 0.315 e. The van der Waals surface area contributed by atoms with E-state index in [9.17, 15) is 9.59 Å². The van der Waals surface area contributed by atoms with Crippen molar-refractivity contribution in [2.24, 2.45) is 0 Å². The number of carbonyl (C=O) groups excluding carboxylic acids is 2. The summed E-state index contributed by atoms with van der Waals surface area (Å²) < 4.78 is 5.69. The van der Waals surface area contributed by atoms with E-state index in [2.05, 4.69) is 20.7 Å². The van der Waals surface area contributed by atoms with Crippen LogP contribution >= 0.6 is 27.7 Å². The van der Waals surface area contributed by atoms with Gasteiger partial charge in [0.05, 0.1) is 12.9 Å². The molecule has 2 rings (SSSR count). The first-order valence-electron chi connectivity index (χ1n) is 7.29.